The van der Waals surface area contributed by atoms with Gasteiger partial charge in [0.2, 0.25) is 15.9 Å². The summed E-state index contributed by atoms with van der Waals surface area (Å²) in [4.78, 5) is 25.0. The molecular formula is C20H22N2O4S. The van der Waals surface area contributed by atoms with Crippen molar-refractivity contribution in [1.82, 2.24) is 5.32 Å². The molecule has 1 heterocycles. The lowest BCUT2D eigenvalue weighted by Gasteiger charge is -2.18. The van der Waals surface area contributed by atoms with Crippen LogP contribution in [-0.4, -0.2) is 26.0 Å². The average molecular weight is 386 g/mol. The van der Waals surface area contributed by atoms with Crippen LogP contribution in [-0.2, 0) is 21.4 Å². The Hall–Kier alpha value is -2.67. The van der Waals surface area contributed by atoms with Crippen molar-refractivity contribution in [2.24, 2.45) is 5.41 Å². The molecule has 0 radical (unpaired) electrons. The molecule has 2 amide bonds. The number of benzene rings is 2. The van der Waals surface area contributed by atoms with Gasteiger partial charge in [0.25, 0.3) is 5.91 Å². The average Bonchev–Trinajstić information content (AvgIpc) is 2.76. The van der Waals surface area contributed by atoms with E-state index in [1.165, 1.54) is 12.1 Å². The van der Waals surface area contributed by atoms with E-state index in [1.807, 2.05) is 31.2 Å². The first kappa shape index (κ1) is 19.1. The van der Waals surface area contributed by atoms with Gasteiger partial charge in [0, 0.05) is 12.1 Å². The maximum Gasteiger partial charge on any atom is 0.251 e. The Balaban J connectivity index is 1.83. The third kappa shape index (κ3) is 3.73. The van der Waals surface area contributed by atoms with Gasteiger partial charge in [0.1, 0.15) is 0 Å². The molecule has 0 atom stereocenters. The number of rotatable bonds is 4. The number of nitrogens with one attached hydrogen (secondary N) is 1. The molecule has 1 aliphatic rings. The van der Waals surface area contributed by atoms with Crippen molar-refractivity contribution in [3.63, 3.8) is 0 Å². The van der Waals surface area contributed by atoms with Crippen molar-refractivity contribution in [3.8, 4) is 0 Å². The van der Waals surface area contributed by atoms with Crippen LogP contribution in [0.3, 0.4) is 0 Å². The second kappa shape index (κ2) is 6.81. The summed E-state index contributed by atoms with van der Waals surface area (Å²) in [7, 11) is -3.75. The lowest BCUT2D eigenvalue weighted by atomic mass is 9.95. The second-order valence-electron chi connectivity index (χ2n) is 7.37. The number of amides is 2. The summed E-state index contributed by atoms with van der Waals surface area (Å²) in [5.74, 6) is -1.06. The van der Waals surface area contributed by atoms with Crippen molar-refractivity contribution >= 4 is 27.5 Å². The number of hydrogen-bond acceptors (Lipinski definition) is 4. The topological polar surface area (TPSA) is 83.6 Å². The van der Waals surface area contributed by atoms with Gasteiger partial charge in [-0.15, -0.1) is 0 Å². The van der Waals surface area contributed by atoms with Crippen LogP contribution in [0.2, 0.25) is 0 Å². The van der Waals surface area contributed by atoms with Crippen LogP contribution in [0.15, 0.2) is 48.5 Å². The monoisotopic (exact) mass is 386 g/mol. The summed E-state index contributed by atoms with van der Waals surface area (Å²) < 4.78 is 25.7. The van der Waals surface area contributed by atoms with E-state index in [1.54, 1.807) is 26.0 Å². The normalized spacial score (nSPS) is 17.7. The van der Waals surface area contributed by atoms with Gasteiger partial charge in [-0.2, -0.15) is 0 Å². The largest absolute Gasteiger partial charge is 0.348 e. The van der Waals surface area contributed by atoms with Gasteiger partial charge < -0.3 is 5.32 Å². The van der Waals surface area contributed by atoms with Gasteiger partial charge in [-0.1, -0.05) is 30.3 Å². The molecule has 1 saturated heterocycles. The molecule has 1 N–H and O–H groups in total. The van der Waals surface area contributed by atoms with Crippen LogP contribution < -0.4 is 9.62 Å². The third-order valence-electron chi connectivity index (χ3n) is 4.63. The van der Waals surface area contributed by atoms with Crippen LogP contribution in [0.5, 0.6) is 0 Å². The number of carbonyl (C=O) groups is 2. The van der Waals surface area contributed by atoms with E-state index in [-0.39, 0.29) is 17.3 Å². The zero-order valence-corrected chi connectivity index (χ0v) is 16.3. The molecule has 2 aromatic rings. The fourth-order valence-corrected chi connectivity index (χ4v) is 5.22. The number of aryl methyl sites for hydroxylation is 1. The Morgan fingerprint density at radius 2 is 1.85 bits per heavy atom. The lowest BCUT2D eigenvalue weighted by Crippen LogP contribution is -2.33. The van der Waals surface area contributed by atoms with E-state index < -0.39 is 21.3 Å². The molecule has 1 aliphatic heterocycles. The van der Waals surface area contributed by atoms with Gasteiger partial charge in [0.05, 0.1) is 16.9 Å². The number of carbonyl (C=O) groups excluding carboxylic acids is 2. The SMILES string of the molecule is Cc1ccccc1CNC(=O)c1cccc(N2C(=O)C(C)(C)CS2(=O)=O)c1. The highest BCUT2D eigenvalue weighted by Crippen LogP contribution is 2.35. The van der Waals surface area contributed by atoms with Crippen LogP contribution >= 0.6 is 0 Å². The van der Waals surface area contributed by atoms with E-state index in [0.29, 0.717) is 12.1 Å². The van der Waals surface area contributed by atoms with Gasteiger partial charge in [-0.3, -0.25) is 9.59 Å². The van der Waals surface area contributed by atoms with E-state index >= 15 is 0 Å². The van der Waals surface area contributed by atoms with Gasteiger partial charge in [-0.05, 0) is 50.1 Å². The van der Waals surface area contributed by atoms with Crippen molar-refractivity contribution in [3.05, 3.63) is 65.2 Å². The molecule has 2 aromatic carbocycles. The molecule has 3 rings (SSSR count). The van der Waals surface area contributed by atoms with E-state index in [2.05, 4.69) is 5.32 Å². The molecular weight excluding hydrogens is 364 g/mol. The smallest absolute Gasteiger partial charge is 0.251 e. The standard InChI is InChI=1S/C20H22N2O4S/c1-14-7-4-5-8-16(14)12-21-18(23)15-9-6-10-17(11-15)22-19(24)20(2,3)13-27(22,25)26/h4-11H,12-13H2,1-3H3,(H,21,23). The molecule has 27 heavy (non-hydrogen) atoms. The minimum Gasteiger partial charge on any atom is -0.348 e. The number of hydrogen-bond donors (Lipinski definition) is 1. The summed E-state index contributed by atoms with van der Waals surface area (Å²) >= 11 is 0. The molecule has 0 aromatic heterocycles. The summed E-state index contributed by atoms with van der Waals surface area (Å²) in [5, 5.41) is 2.83. The maximum absolute atomic E-state index is 12.5. The summed E-state index contributed by atoms with van der Waals surface area (Å²) in [6.45, 7) is 5.54. The first-order valence-electron chi connectivity index (χ1n) is 8.62. The Labute approximate surface area is 159 Å². The Bertz CT molecular complexity index is 1010. The molecule has 0 saturated carbocycles. The van der Waals surface area contributed by atoms with Crippen molar-refractivity contribution in [1.29, 1.82) is 0 Å². The molecule has 142 valence electrons. The van der Waals surface area contributed by atoms with Crippen molar-refractivity contribution < 1.29 is 18.0 Å². The molecule has 7 heteroatoms. The van der Waals surface area contributed by atoms with E-state index in [4.69, 9.17) is 0 Å². The lowest BCUT2D eigenvalue weighted by molar-refractivity contribution is -0.123. The fraction of sp³-hybridized carbons (Fsp3) is 0.300. The van der Waals surface area contributed by atoms with Gasteiger partial charge in [-0.25, -0.2) is 12.7 Å². The molecule has 1 fully saturated rings. The van der Waals surface area contributed by atoms with Crippen LogP contribution in [0, 0.1) is 12.3 Å². The summed E-state index contributed by atoms with van der Waals surface area (Å²) in [5.41, 5.74) is 1.58. The minimum absolute atomic E-state index is 0.189. The zero-order valence-electron chi connectivity index (χ0n) is 15.5. The number of nitrogens with zero attached hydrogens (tertiary/aromatic N) is 1. The van der Waals surface area contributed by atoms with Crippen LogP contribution in [0.1, 0.15) is 35.3 Å². The third-order valence-corrected chi connectivity index (χ3v) is 6.65. The molecule has 0 bridgehead atoms. The van der Waals surface area contributed by atoms with Gasteiger partial charge in [0.15, 0.2) is 0 Å². The maximum atomic E-state index is 12.5. The number of anilines is 1. The summed E-state index contributed by atoms with van der Waals surface area (Å²) in [6, 6.07) is 13.9. The summed E-state index contributed by atoms with van der Waals surface area (Å²) in [6.07, 6.45) is 0. The quantitative estimate of drug-likeness (QED) is 0.876. The van der Waals surface area contributed by atoms with Gasteiger partial charge >= 0.3 is 0 Å². The Morgan fingerprint density at radius 1 is 1.15 bits per heavy atom. The molecule has 0 unspecified atom stereocenters. The predicted octanol–water partition coefficient (Wildman–Crippen LogP) is 2.63. The van der Waals surface area contributed by atoms with E-state index in [0.717, 1.165) is 15.4 Å². The first-order valence-corrected chi connectivity index (χ1v) is 10.2. The number of sulfonamides is 1. The first-order chi connectivity index (χ1) is 12.6. The highest BCUT2D eigenvalue weighted by Gasteiger charge is 2.49. The highest BCUT2D eigenvalue weighted by molar-refractivity contribution is 7.94. The highest BCUT2D eigenvalue weighted by atomic mass is 32.2. The Morgan fingerprint density at radius 3 is 2.48 bits per heavy atom. The molecule has 0 spiro atoms. The zero-order chi connectivity index (χ0) is 19.8. The predicted molar refractivity (Wildman–Crippen MR) is 104 cm³/mol. The van der Waals surface area contributed by atoms with Crippen LogP contribution in [0.25, 0.3) is 0 Å². The fourth-order valence-electron chi connectivity index (χ4n) is 3.12. The van der Waals surface area contributed by atoms with E-state index in [9.17, 15) is 18.0 Å². The molecule has 0 aliphatic carbocycles. The van der Waals surface area contributed by atoms with Crippen molar-refractivity contribution in [2.75, 3.05) is 10.1 Å². The Kier molecular flexibility index (Phi) is 4.82. The van der Waals surface area contributed by atoms with Crippen molar-refractivity contribution in [2.45, 2.75) is 27.3 Å². The van der Waals surface area contributed by atoms with Crippen LogP contribution in [0.4, 0.5) is 5.69 Å². The molecule has 6 nitrogen and oxygen atoms in total. The second-order valence-corrected chi connectivity index (χ2v) is 9.19. The minimum atomic E-state index is -3.75.